The number of benzene rings is 1. The minimum atomic E-state index is 0.272. The number of nitrogens with zero attached hydrogens (tertiary/aromatic N) is 4. The number of aromatic nitrogens is 2. The van der Waals surface area contributed by atoms with E-state index in [4.69, 9.17) is 0 Å². The quantitative estimate of drug-likeness (QED) is 0.753. The van der Waals surface area contributed by atoms with Crippen LogP contribution < -0.4 is 0 Å². The lowest BCUT2D eigenvalue weighted by Crippen LogP contribution is -2.54. The largest absolute Gasteiger partial charge is 0.396 e. The molecule has 162 valence electrons. The Morgan fingerprint density at radius 1 is 1.07 bits per heavy atom. The van der Waals surface area contributed by atoms with Crippen molar-refractivity contribution in [3.05, 3.63) is 47.8 Å². The second-order valence-electron chi connectivity index (χ2n) is 9.18. The lowest BCUT2D eigenvalue weighted by molar-refractivity contribution is 0.0399. The van der Waals surface area contributed by atoms with Crippen LogP contribution in [0.3, 0.4) is 0 Å². The van der Waals surface area contributed by atoms with Crippen molar-refractivity contribution in [2.24, 2.45) is 5.92 Å². The molecule has 1 atom stereocenters. The number of rotatable bonds is 7. The van der Waals surface area contributed by atoms with Crippen molar-refractivity contribution >= 4 is 0 Å². The van der Waals surface area contributed by atoms with Crippen LogP contribution in [0.15, 0.2) is 36.7 Å². The molecular formula is C25H36N4O. The van der Waals surface area contributed by atoms with Crippen molar-refractivity contribution in [1.82, 2.24) is 19.8 Å². The molecule has 0 bridgehead atoms. The van der Waals surface area contributed by atoms with Crippen LogP contribution in [-0.2, 0) is 6.54 Å². The molecule has 1 saturated heterocycles. The van der Waals surface area contributed by atoms with Crippen molar-refractivity contribution in [3.8, 4) is 11.4 Å². The summed E-state index contributed by atoms with van der Waals surface area (Å²) in [7, 11) is 0. The second kappa shape index (κ2) is 10.5. The molecule has 0 radical (unpaired) electrons. The number of hydrogen-bond donors (Lipinski definition) is 1. The van der Waals surface area contributed by atoms with Crippen molar-refractivity contribution in [1.29, 1.82) is 0 Å². The molecule has 5 nitrogen and oxygen atoms in total. The van der Waals surface area contributed by atoms with Crippen LogP contribution in [0.1, 0.15) is 49.7 Å². The first-order chi connectivity index (χ1) is 14.7. The summed E-state index contributed by atoms with van der Waals surface area (Å²) in [6.07, 6.45) is 11.8. The SMILES string of the molecule is Cc1cccc(-c2ncc(CN3CCN(CC4CCCCC4)C(CCO)C3)cn2)c1. The predicted octanol–water partition coefficient (Wildman–Crippen LogP) is 3.90. The molecule has 1 aliphatic heterocycles. The van der Waals surface area contributed by atoms with E-state index in [1.807, 2.05) is 12.4 Å². The van der Waals surface area contributed by atoms with Crippen molar-refractivity contribution in [3.63, 3.8) is 0 Å². The normalized spacial score (nSPS) is 21.7. The third-order valence-electron chi connectivity index (χ3n) is 6.76. The maximum atomic E-state index is 9.61. The Morgan fingerprint density at radius 3 is 2.60 bits per heavy atom. The molecule has 1 aliphatic carbocycles. The van der Waals surface area contributed by atoms with Crippen LogP contribution >= 0.6 is 0 Å². The molecule has 1 aromatic heterocycles. The van der Waals surface area contributed by atoms with Crippen LogP contribution in [0.5, 0.6) is 0 Å². The molecule has 30 heavy (non-hydrogen) atoms. The van der Waals surface area contributed by atoms with Gasteiger partial charge in [-0.3, -0.25) is 9.80 Å². The van der Waals surface area contributed by atoms with Crippen LogP contribution in [0, 0.1) is 12.8 Å². The Balaban J connectivity index is 1.34. The maximum Gasteiger partial charge on any atom is 0.159 e. The fraction of sp³-hybridized carbons (Fsp3) is 0.600. The number of aryl methyl sites for hydroxylation is 1. The fourth-order valence-electron chi connectivity index (χ4n) is 5.09. The first-order valence-corrected chi connectivity index (χ1v) is 11.7. The molecule has 1 unspecified atom stereocenters. The highest BCUT2D eigenvalue weighted by atomic mass is 16.3. The molecule has 5 heteroatoms. The van der Waals surface area contributed by atoms with Gasteiger partial charge in [0.25, 0.3) is 0 Å². The van der Waals surface area contributed by atoms with Gasteiger partial charge in [-0.15, -0.1) is 0 Å². The molecule has 2 fully saturated rings. The third-order valence-corrected chi connectivity index (χ3v) is 6.76. The molecule has 1 aromatic carbocycles. The Labute approximate surface area is 181 Å². The third kappa shape index (κ3) is 5.65. The van der Waals surface area contributed by atoms with E-state index in [2.05, 4.69) is 51.0 Å². The van der Waals surface area contributed by atoms with Gasteiger partial charge in [0.1, 0.15) is 0 Å². The van der Waals surface area contributed by atoms with Gasteiger partial charge >= 0.3 is 0 Å². The maximum absolute atomic E-state index is 9.61. The van der Waals surface area contributed by atoms with Gasteiger partial charge in [0, 0.05) is 68.9 Å². The van der Waals surface area contributed by atoms with Crippen LogP contribution in [0.4, 0.5) is 0 Å². The highest BCUT2D eigenvalue weighted by Crippen LogP contribution is 2.26. The fourth-order valence-corrected chi connectivity index (χ4v) is 5.09. The average Bonchev–Trinajstić information content (AvgIpc) is 2.77. The molecule has 1 N–H and O–H groups in total. The summed E-state index contributed by atoms with van der Waals surface area (Å²) in [6, 6.07) is 8.79. The van der Waals surface area contributed by atoms with Gasteiger partial charge in [0.15, 0.2) is 5.82 Å². The summed E-state index contributed by atoms with van der Waals surface area (Å²) in [4.78, 5) is 14.4. The highest BCUT2D eigenvalue weighted by molar-refractivity contribution is 5.55. The van der Waals surface area contributed by atoms with Crippen LogP contribution in [0.2, 0.25) is 0 Å². The molecule has 4 rings (SSSR count). The molecule has 2 aliphatic rings. The van der Waals surface area contributed by atoms with Gasteiger partial charge in [-0.1, -0.05) is 43.0 Å². The van der Waals surface area contributed by atoms with Crippen molar-refractivity contribution in [2.45, 2.75) is 58.0 Å². The Kier molecular flexibility index (Phi) is 7.47. The predicted molar refractivity (Wildman–Crippen MR) is 121 cm³/mol. The zero-order valence-corrected chi connectivity index (χ0v) is 18.3. The smallest absolute Gasteiger partial charge is 0.159 e. The number of hydrogen-bond acceptors (Lipinski definition) is 5. The first-order valence-electron chi connectivity index (χ1n) is 11.7. The van der Waals surface area contributed by atoms with Crippen LogP contribution in [0.25, 0.3) is 11.4 Å². The molecular weight excluding hydrogens is 372 g/mol. The molecule has 0 amide bonds. The summed E-state index contributed by atoms with van der Waals surface area (Å²) in [5.41, 5.74) is 3.46. The lowest BCUT2D eigenvalue weighted by atomic mass is 9.88. The molecule has 2 aromatic rings. The summed E-state index contributed by atoms with van der Waals surface area (Å²) in [5.74, 6) is 1.65. The van der Waals surface area contributed by atoms with Gasteiger partial charge in [-0.05, 0) is 38.2 Å². The first kappa shape index (κ1) is 21.4. The second-order valence-corrected chi connectivity index (χ2v) is 9.18. The van der Waals surface area contributed by atoms with Crippen molar-refractivity contribution < 1.29 is 5.11 Å². The van der Waals surface area contributed by atoms with E-state index in [1.54, 1.807) is 0 Å². The molecule has 2 heterocycles. The van der Waals surface area contributed by atoms with Gasteiger partial charge in [-0.25, -0.2) is 9.97 Å². The number of piperazine rings is 1. The lowest BCUT2D eigenvalue weighted by Gasteiger charge is -2.43. The summed E-state index contributed by atoms with van der Waals surface area (Å²) in [5, 5.41) is 9.61. The van der Waals surface area contributed by atoms with Gasteiger partial charge in [-0.2, -0.15) is 0 Å². The topological polar surface area (TPSA) is 52.5 Å². The summed E-state index contributed by atoms with van der Waals surface area (Å²) >= 11 is 0. The Hall–Kier alpha value is -1.82. The zero-order chi connectivity index (χ0) is 20.8. The standard InChI is InChI=1S/C25H36N4O/c1-20-6-5-9-23(14-20)25-26-15-22(16-27-25)17-28-11-12-29(24(19-28)10-13-30)18-21-7-3-2-4-8-21/h5-6,9,14-16,21,24,30H,2-4,7-8,10-13,17-19H2,1H3. The summed E-state index contributed by atoms with van der Waals surface area (Å²) < 4.78 is 0. The summed E-state index contributed by atoms with van der Waals surface area (Å²) in [6.45, 7) is 7.66. The molecule has 1 saturated carbocycles. The Bertz CT molecular complexity index is 788. The Morgan fingerprint density at radius 2 is 1.87 bits per heavy atom. The van der Waals surface area contributed by atoms with Crippen LogP contribution in [-0.4, -0.2) is 63.7 Å². The van der Waals surface area contributed by atoms with Gasteiger partial charge < -0.3 is 5.11 Å². The van der Waals surface area contributed by atoms with Gasteiger partial charge in [0.2, 0.25) is 0 Å². The van der Waals surface area contributed by atoms with E-state index in [0.29, 0.717) is 6.04 Å². The van der Waals surface area contributed by atoms with E-state index in [-0.39, 0.29) is 6.61 Å². The van der Waals surface area contributed by atoms with Crippen molar-refractivity contribution in [2.75, 3.05) is 32.8 Å². The van der Waals surface area contributed by atoms with E-state index in [0.717, 1.165) is 55.5 Å². The minimum absolute atomic E-state index is 0.272. The van der Waals surface area contributed by atoms with Gasteiger partial charge in [0.05, 0.1) is 0 Å². The average molecular weight is 409 g/mol. The van der Waals surface area contributed by atoms with E-state index >= 15 is 0 Å². The van der Waals surface area contributed by atoms with E-state index < -0.39 is 0 Å². The minimum Gasteiger partial charge on any atom is -0.396 e. The zero-order valence-electron chi connectivity index (χ0n) is 18.3. The monoisotopic (exact) mass is 408 g/mol. The number of aliphatic hydroxyl groups excluding tert-OH is 1. The molecule has 0 spiro atoms. The number of aliphatic hydroxyl groups is 1. The highest BCUT2D eigenvalue weighted by Gasteiger charge is 2.29. The van der Waals surface area contributed by atoms with E-state index in [1.165, 1.54) is 44.2 Å². The van der Waals surface area contributed by atoms with E-state index in [9.17, 15) is 5.11 Å².